The van der Waals surface area contributed by atoms with Gasteiger partial charge in [0.2, 0.25) is 0 Å². The van der Waals surface area contributed by atoms with Crippen molar-refractivity contribution in [3.63, 3.8) is 0 Å². The molecule has 0 saturated heterocycles. The van der Waals surface area contributed by atoms with Gasteiger partial charge in [-0.15, -0.1) is 0 Å². The zero-order valence-electron chi connectivity index (χ0n) is 13.5. The van der Waals surface area contributed by atoms with Crippen LogP contribution >= 0.6 is 0 Å². The molecule has 4 rings (SSSR count). The topological polar surface area (TPSA) is 76.1 Å². The smallest absolute Gasteiger partial charge is 0.311 e. The highest BCUT2D eigenvalue weighted by molar-refractivity contribution is 6.09. The SMILES string of the molecule is O=C(O)C1CCN(C(=O)c2cccc3c2OCCO3)c2ccccc21. The van der Waals surface area contributed by atoms with E-state index in [4.69, 9.17) is 9.47 Å². The number of carbonyl (C=O) groups excluding carboxylic acids is 1. The van der Waals surface area contributed by atoms with Crippen molar-refractivity contribution in [2.45, 2.75) is 12.3 Å². The van der Waals surface area contributed by atoms with Crippen molar-refractivity contribution in [3.05, 3.63) is 53.6 Å². The number of aliphatic carboxylic acids is 1. The summed E-state index contributed by atoms with van der Waals surface area (Å²) in [5.41, 5.74) is 1.73. The van der Waals surface area contributed by atoms with Gasteiger partial charge >= 0.3 is 5.97 Å². The number of carboxylic acid groups (broad SMARTS) is 1. The third kappa shape index (κ3) is 2.59. The van der Waals surface area contributed by atoms with E-state index < -0.39 is 11.9 Å². The molecule has 0 saturated carbocycles. The number of carbonyl (C=O) groups is 2. The van der Waals surface area contributed by atoms with E-state index in [-0.39, 0.29) is 5.91 Å². The molecule has 2 aliphatic heterocycles. The summed E-state index contributed by atoms with van der Waals surface area (Å²) in [4.78, 5) is 26.3. The van der Waals surface area contributed by atoms with E-state index in [9.17, 15) is 14.7 Å². The largest absolute Gasteiger partial charge is 0.486 e. The van der Waals surface area contributed by atoms with Gasteiger partial charge in [-0.1, -0.05) is 24.3 Å². The number of benzene rings is 2. The molecule has 2 aliphatic rings. The molecule has 1 N–H and O–H groups in total. The molecule has 2 aromatic rings. The molecule has 0 aromatic heterocycles. The Balaban J connectivity index is 1.74. The lowest BCUT2D eigenvalue weighted by molar-refractivity contribution is -0.139. The minimum absolute atomic E-state index is 0.210. The predicted molar refractivity (Wildman–Crippen MR) is 90.5 cm³/mol. The van der Waals surface area contributed by atoms with Crippen molar-refractivity contribution < 1.29 is 24.2 Å². The molecule has 0 bridgehead atoms. The molecule has 0 radical (unpaired) electrons. The molecule has 6 heteroatoms. The molecule has 1 atom stereocenters. The molecule has 2 heterocycles. The van der Waals surface area contributed by atoms with E-state index in [1.807, 2.05) is 6.07 Å². The Labute approximate surface area is 144 Å². The van der Waals surface area contributed by atoms with Crippen molar-refractivity contribution in [1.29, 1.82) is 0 Å². The second kappa shape index (κ2) is 6.12. The number of ether oxygens (including phenoxy) is 2. The molecule has 1 unspecified atom stereocenters. The van der Waals surface area contributed by atoms with E-state index in [1.54, 1.807) is 41.3 Å². The summed E-state index contributed by atoms with van der Waals surface area (Å²) in [6.45, 7) is 1.20. The molecule has 1 amide bonds. The van der Waals surface area contributed by atoms with Crippen LogP contribution in [0.5, 0.6) is 11.5 Å². The first-order valence-electron chi connectivity index (χ1n) is 8.19. The van der Waals surface area contributed by atoms with E-state index in [2.05, 4.69) is 0 Å². The summed E-state index contributed by atoms with van der Waals surface area (Å²) in [5.74, 6) is -0.654. The summed E-state index contributed by atoms with van der Waals surface area (Å²) in [7, 11) is 0. The van der Waals surface area contributed by atoms with Gasteiger partial charge < -0.3 is 19.5 Å². The van der Waals surface area contributed by atoms with Crippen LogP contribution < -0.4 is 14.4 Å². The quantitative estimate of drug-likeness (QED) is 0.910. The molecule has 2 aromatic carbocycles. The van der Waals surface area contributed by atoms with Gasteiger partial charge in [-0.05, 0) is 30.2 Å². The maximum atomic E-state index is 13.2. The first kappa shape index (κ1) is 15.5. The number of carboxylic acids is 1. The van der Waals surface area contributed by atoms with Gasteiger partial charge in [0.05, 0.1) is 11.5 Å². The third-order valence-electron chi connectivity index (χ3n) is 4.58. The molecule has 0 spiro atoms. The van der Waals surface area contributed by atoms with Crippen molar-refractivity contribution in [2.24, 2.45) is 0 Å². The van der Waals surface area contributed by atoms with Crippen LogP contribution in [0.2, 0.25) is 0 Å². The number of para-hydroxylation sites is 2. The Morgan fingerprint density at radius 1 is 1.04 bits per heavy atom. The van der Waals surface area contributed by atoms with Crippen LogP contribution in [0.4, 0.5) is 5.69 Å². The zero-order valence-corrected chi connectivity index (χ0v) is 13.5. The Kier molecular flexibility index (Phi) is 3.80. The van der Waals surface area contributed by atoms with Gasteiger partial charge in [-0.3, -0.25) is 9.59 Å². The van der Waals surface area contributed by atoms with Crippen LogP contribution in [0.3, 0.4) is 0 Å². The van der Waals surface area contributed by atoms with Gasteiger partial charge in [0.25, 0.3) is 5.91 Å². The molecule has 128 valence electrons. The standard InChI is InChI=1S/C19H17NO5/c21-18(14-5-3-7-16-17(14)25-11-10-24-16)20-9-8-13(19(22)23)12-4-1-2-6-15(12)20/h1-7,13H,8-11H2,(H,22,23). The van der Waals surface area contributed by atoms with Gasteiger partial charge in [0.15, 0.2) is 11.5 Å². The lowest BCUT2D eigenvalue weighted by Gasteiger charge is -2.33. The molecular formula is C19H17NO5. The Bertz CT molecular complexity index is 847. The molecular weight excluding hydrogens is 322 g/mol. The van der Waals surface area contributed by atoms with Gasteiger partial charge in [0, 0.05) is 12.2 Å². The summed E-state index contributed by atoms with van der Waals surface area (Å²) in [5, 5.41) is 9.45. The minimum atomic E-state index is -0.867. The number of nitrogens with zero attached hydrogens (tertiary/aromatic N) is 1. The lowest BCUT2D eigenvalue weighted by atomic mass is 9.89. The summed E-state index contributed by atoms with van der Waals surface area (Å²) >= 11 is 0. The van der Waals surface area contributed by atoms with Crippen molar-refractivity contribution >= 4 is 17.6 Å². The average Bonchev–Trinajstić information content (AvgIpc) is 2.66. The first-order valence-corrected chi connectivity index (χ1v) is 8.19. The van der Waals surface area contributed by atoms with Gasteiger partial charge in [-0.2, -0.15) is 0 Å². The molecule has 6 nitrogen and oxygen atoms in total. The van der Waals surface area contributed by atoms with Crippen LogP contribution in [0.1, 0.15) is 28.3 Å². The number of fused-ring (bicyclic) bond motifs is 2. The zero-order chi connectivity index (χ0) is 17.4. The molecule has 0 fully saturated rings. The van der Waals surface area contributed by atoms with Crippen LogP contribution in [0.15, 0.2) is 42.5 Å². The molecule has 0 aliphatic carbocycles. The fourth-order valence-electron chi connectivity index (χ4n) is 3.42. The second-order valence-electron chi connectivity index (χ2n) is 6.02. The van der Waals surface area contributed by atoms with E-state index in [0.29, 0.717) is 54.5 Å². The van der Waals surface area contributed by atoms with E-state index >= 15 is 0 Å². The third-order valence-corrected chi connectivity index (χ3v) is 4.58. The summed E-state index contributed by atoms with van der Waals surface area (Å²) in [6, 6.07) is 12.4. The fraction of sp³-hybridized carbons (Fsp3) is 0.263. The van der Waals surface area contributed by atoms with Crippen molar-refractivity contribution in [3.8, 4) is 11.5 Å². The maximum absolute atomic E-state index is 13.2. The van der Waals surface area contributed by atoms with Gasteiger partial charge in [0.1, 0.15) is 13.2 Å². The fourth-order valence-corrected chi connectivity index (χ4v) is 3.42. The van der Waals surface area contributed by atoms with Crippen LogP contribution in [-0.4, -0.2) is 36.7 Å². The number of amides is 1. The number of rotatable bonds is 2. The summed E-state index contributed by atoms with van der Waals surface area (Å²) < 4.78 is 11.2. The average molecular weight is 339 g/mol. The maximum Gasteiger partial charge on any atom is 0.311 e. The first-order chi connectivity index (χ1) is 12.2. The lowest BCUT2D eigenvalue weighted by Crippen LogP contribution is -2.38. The minimum Gasteiger partial charge on any atom is -0.486 e. The Morgan fingerprint density at radius 3 is 2.68 bits per heavy atom. The second-order valence-corrected chi connectivity index (χ2v) is 6.02. The summed E-state index contributed by atoms with van der Waals surface area (Å²) in [6.07, 6.45) is 0.379. The Hall–Kier alpha value is -3.02. The number of hydrogen-bond donors (Lipinski definition) is 1. The normalized spacial score (nSPS) is 18.4. The van der Waals surface area contributed by atoms with E-state index in [0.717, 1.165) is 0 Å². The van der Waals surface area contributed by atoms with Crippen molar-refractivity contribution in [1.82, 2.24) is 0 Å². The number of hydrogen-bond acceptors (Lipinski definition) is 4. The highest BCUT2D eigenvalue weighted by Crippen LogP contribution is 2.39. The Morgan fingerprint density at radius 2 is 1.84 bits per heavy atom. The van der Waals surface area contributed by atoms with E-state index in [1.165, 1.54) is 0 Å². The van der Waals surface area contributed by atoms with Gasteiger partial charge in [-0.25, -0.2) is 0 Å². The predicted octanol–water partition coefficient (Wildman–Crippen LogP) is 2.68. The highest BCUT2D eigenvalue weighted by atomic mass is 16.6. The highest BCUT2D eigenvalue weighted by Gasteiger charge is 2.34. The van der Waals surface area contributed by atoms with Crippen LogP contribution in [0.25, 0.3) is 0 Å². The molecule has 25 heavy (non-hydrogen) atoms. The monoisotopic (exact) mass is 339 g/mol. The van der Waals surface area contributed by atoms with Crippen LogP contribution in [0, 0.1) is 0 Å². The van der Waals surface area contributed by atoms with Crippen molar-refractivity contribution in [2.75, 3.05) is 24.7 Å². The number of anilines is 1. The van der Waals surface area contributed by atoms with Crippen LogP contribution in [-0.2, 0) is 4.79 Å².